The van der Waals surface area contributed by atoms with E-state index in [2.05, 4.69) is 10.3 Å². The van der Waals surface area contributed by atoms with Crippen LogP contribution in [0.3, 0.4) is 0 Å². The summed E-state index contributed by atoms with van der Waals surface area (Å²) >= 11 is 5.72. The molecule has 2 rings (SSSR count). The molecule has 0 atom stereocenters. The van der Waals surface area contributed by atoms with Gasteiger partial charge < -0.3 is 10.4 Å². The molecule has 1 aromatic carbocycles. The number of nitrogens with zero attached hydrogens (tertiary/aromatic N) is 1. The summed E-state index contributed by atoms with van der Waals surface area (Å²) in [5.74, 6) is 0.106. The average molecular weight is 263 g/mol. The third kappa shape index (κ3) is 2.78. The van der Waals surface area contributed by atoms with Crippen LogP contribution in [0.4, 0.5) is 5.82 Å². The molecule has 0 bridgehead atoms. The molecule has 0 spiro atoms. The number of nitrogens with one attached hydrogen (secondary N) is 1. The number of hydrogen-bond donors (Lipinski definition) is 2. The lowest BCUT2D eigenvalue weighted by Crippen LogP contribution is -2.12. The van der Waals surface area contributed by atoms with E-state index in [1.54, 1.807) is 37.3 Å². The quantitative estimate of drug-likeness (QED) is 0.818. The lowest BCUT2D eigenvalue weighted by Gasteiger charge is -2.06. The molecule has 0 unspecified atom stereocenters. The van der Waals surface area contributed by atoms with Gasteiger partial charge in [0.25, 0.3) is 5.91 Å². The Morgan fingerprint density at radius 3 is 2.78 bits per heavy atom. The number of aromatic hydroxyl groups is 1. The Balaban J connectivity index is 2.19. The number of phenolic OH excluding ortho intramolecular Hbond substituents is 1. The first-order valence-electron chi connectivity index (χ1n) is 5.30. The van der Waals surface area contributed by atoms with Gasteiger partial charge in [0.2, 0.25) is 0 Å². The molecular weight excluding hydrogens is 252 g/mol. The number of aryl methyl sites for hydroxylation is 1. The first-order chi connectivity index (χ1) is 8.56. The van der Waals surface area contributed by atoms with Gasteiger partial charge in [-0.25, -0.2) is 4.98 Å². The molecule has 0 aliphatic rings. The first-order valence-corrected chi connectivity index (χ1v) is 5.67. The Kier molecular flexibility index (Phi) is 3.48. The standard InChI is InChI=1S/C13H11ClN2O2/c1-8-5-6-9(7-10(8)17)13(18)16-12-4-2-3-11(14)15-12/h2-7,17H,1H3,(H,15,16,18). The van der Waals surface area contributed by atoms with E-state index in [0.717, 1.165) is 0 Å². The number of rotatable bonds is 2. The van der Waals surface area contributed by atoms with E-state index in [0.29, 0.717) is 22.1 Å². The number of carbonyl (C=O) groups is 1. The predicted octanol–water partition coefficient (Wildman–Crippen LogP) is 3.00. The maximum atomic E-state index is 11.9. The maximum Gasteiger partial charge on any atom is 0.256 e. The van der Waals surface area contributed by atoms with Gasteiger partial charge in [0.05, 0.1) is 0 Å². The molecule has 0 saturated heterocycles. The topological polar surface area (TPSA) is 62.2 Å². The van der Waals surface area contributed by atoms with E-state index in [1.807, 2.05) is 0 Å². The van der Waals surface area contributed by atoms with Crippen LogP contribution in [0, 0.1) is 6.92 Å². The molecule has 18 heavy (non-hydrogen) atoms. The van der Waals surface area contributed by atoms with E-state index in [4.69, 9.17) is 11.6 Å². The van der Waals surface area contributed by atoms with Crippen molar-refractivity contribution in [1.29, 1.82) is 0 Å². The fourth-order valence-corrected chi connectivity index (χ4v) is 1.58. The Morgan fingerprint density at radius 2 is 2.11 bits per heavy atom. The minimum Gasteiger partial charge on any atom is -0.508 e. The highest BCUT2D eigenvalue weighted by atomic mass is 35.5. The summed E-state index contributed by atoms with van der Waals surface area (Å²) in [4.78, 5) is 15.8. The monoisotopic (exact) mass is 262 g/mol. The molecule has 0 aliphatic heterocycles. The van der Waals surface area contributed by atoms with Crippen molar-refractivity contribution in [3.05, 3.63) is 52.7 Å². The highest BCUT2D eigenvalue weighted by Crippen LogP contribution is 2.18. The lowest BCUT2D eigenvalue weighted by atomic mass is 10.1. The van der Waals surface area contributed by atoms with Crippen LogP contribution in [0.15, 0.2) is 36.4 Å². The molecule has 0 saturated carbocycles. The van der Waals surface area contributed by atoms with E-state index >= 15 is 0 Å². The van der Waals surface area contributed by atoms with Gasteiger partial charge in [-0.15, -0.1) is 0 Å². The van der Waals surface area contributed by atoms with Crippen molar-refractivity contribution in [3.8, 4) is 5.75 Å². The van der Waals surface area contributed by atoms with Crippen LogP contribution in [0.5, 0.6) is 5.75 Å². The predicted molar refractivity (Wildman–Crippen MR) is 70.0 cm³/mol. The van der Waals surface area contributed by atoms with Gasteiger partial charge >= 0.3 is 0 Å². The number of halogens is 1. The van der Waals surface area contributed by atoms with Crippen LogP contribution >= 0.6 is 11.6 Å². The number of amides is 1. The second-order valence-electron chi connectivity index (χ2n) is 3.80. The van der Waals surface area contributed by atoms with Crippen molar-refractivity contribution in [2.75, 3.05) is 5.32 Å². The van der Waals surface area contributed by atoms with Crippen LogP contribution < -0.4 is 5.32 Å². The van der Waals surface area contributed by atoms with Gasteiger partial charge in [-0.2, -0.15) is 0 Å². The molecule has 0 aliphatic carbocycles. The summed E-state index contributed by atoms with van der Waals surface area (Å²) < 4.78 is 0. The van der Waals surface area contributed by atoms with Gasteiger partial charge in [-0.3, -0.25) is 4.79 Å². The molecule has 0 fully saturated rings. The smallest absolute Gasteiger partial charge is 0.256 e. The zero-order chi connectivity index (χ0) is 13.1. The van der Waals surface area contributed by atoms with Crippen LogP contribution in [0.2, 0.25) is 5.15 Å². The number of pyridine rings is 1. The van der Waals surface area contributed by atoms with Crippen LogP contribution in [-0.2, 0) is 0 Å². The largest absolute Gasteiger partial charge is 0.508 e. The minimum atomic E-state index is -0.347. The molecule has 5 heteroatoms. The summed E-state index contributed by atoms with van der Waals surface area (Å²) in [5.41, 5.74) is 1.08. The Morgan fingerprint density at radius 1 is 1.33 bits per heavy atom. The fourth-order valence-electron chi connectivity index (χ4n) is 1.42. The van der Waals surface area contributed by atoms with E-state index in [1.165, 1.54) is 6.07 Å². The van der Waals surface area contributed by atoms with Crippen molar-refractivity contribution in [3.63, 3.8) is 0 Å². The third-order valence-electron chi connectivity index (χ3n) is 2.43. The Labute approximate surface area is 109 Å². The van der Waals surface area contributed by atoms with Crippen molar-refractivity contribution < 1.29 is 9.90 Å². The molecule has 0 radical (unpaired) electrons. The number of phenols is 1. The van der Waals surface area contributed by atoms with Crippen LogP contribution in [0.25, 0.3) is 0 Å². The van der Waals surface area contributed by atoms with E-state index in [9.17, 15) is 9.90 Å². The number of hydrogen-bond acceptors (Lipinski definition) is 3. The zero-order valence-electron chi connectivity index (χ0n) is 9.64. The zero-order valence-corrected chi connectivity index (χ0v) is 10.4. The van der Waals surface area contributed by atoms with E-state index < -0.39 is 0 Å². The highest BCUT2D eigenvalue weighted by molar-refractivity contribution is 6.29. The number of benzene rings is 1. The molecule has 1 aromatic heterocycles. The lowest BCUT2D eigenvalue weighted by molar-refractivity contribution is 0.102. The SMILES string of the molecule is Cc1ccc(C(=O)Nc2cccc(Cl)n2)cc1O. The van der Waals surface area contributed by atoms with Gasteiger partial charge in [0, 0.05) is 5.56 Å². The average Bonchev–Trinajstić information content (AvgIpc) is 2.32. The minimum absolute atomic E-state index is 0.0849. The van der Waals surface area contributed by atoms with Crippen molar-refractivity contribution >= 4 is 23.3 Å². The van der Waals surface area contributed by atoms with Gasteiger partial charge in [-0.1, -0.05) is 23.7 Å². The first kappa shape index (κ1) is 12.4. The van der Waals surface area contributed by atoms with Crippen molar-refractivity contribution in [1.82, 2.24) is 4.98 Å². The summed E-state index contributed by atoms with van der Waals surface area (Å²) in [6.07, 6.45) is 0. The number of anilines is 1. The van der Waals surface area contributed by atoms with Crippen LogP contribution in [-0.4, -0.2) is 16.0 Å². The second kappa shape index (κ2) is 5.06. The Bertz CT molecular complexity index is 599. The van der Waals surface area contributed by atoms with Crippen LogP contribution in [0.1, 0.15) is 15.9 Å². The van der Waals surface area contributed by atoms with Gasteiger partial charge in [0.15, 0.2) is 0 Å². The van der Waals surface area contributed by atoms with Crippen molar-refractivity contribution in [2.45, 2.75) is 6.92 Å². The maximum absolute atomic E-state index is 11.9. The molecule has 2 N–H and O–H groups in total. The van der Waals surface area contributed by atoms with Gasteiger partial charge in [0.1, 0.15) is 16.7 Å². The van der Waals surface area contributed by atoms with Gasteiger partial charge in [-0.05, 0) is 36.8 Å². The number of aromatic nitrogens is 1. The molecule has 1 amide bonds. The molecular formula is C13H11ClN2O2. The molecule has 92 valence electrons. The summed E-state index contributed by atoms with van der Waals surface area (Å²) in [5, 5.41) is 12.4. The molecule has 4 nitrogen and oxygen atoms in total. The van der Waals surface area contributed by atoms with E-state index in [-0.39, 0.29) is 11.7 Å². The molecule has 2 aromatic rings. The van der Waals surface area contributed by atoms with Crippen molar-refractivity contribution in [2.24, 2.45) is 0 Å². The fraction of sp³-hybridized carbons (Fsp3) is 0.0769. The second-order valence-corrected chi connectivity index (χ2v) is 4.19. The summed E-state index contributed by atoms with van der Waals surface area (Å²) in [6, 6.07) is 9.67. The summed E-state index contributed by atoms with van der Waals surface area (Å²) in [7, 11) is 0. The Hall–Kier alpha value is -2.07. The summed E-state index contributed by atoms with van der Waals surface area (Å²) in [6.45, 7) is 1.76. The third-order valence-corrected chi connectivity index (χ3v) is 2.64. The molecule has 1 heterocycles. The number of carbonyl (C=O) groups excluding carboxylic acids is 1. The normalized spacial score (nSPS) is 10.1. The highest BCUT2D eigenvalue weighted by Gasteiger charge is 2.08.